The zero-order valence-corrected chi connectivity index (χ0v) is 19.3. The van der Waals surface area contributed by atoms with Gasteiger partial charge in [0.2, 0.25) is 0 Å². The van der Waals surface area contributed by atoms with Crippen molar-refractivity contribution < 1.29 is 5.11 Å². The first kappa shape index (κ1) is 23.2. The number of para-hydroxylation sites is 2. The number of guanidine groups is 1. The van der Waals surface area contributed by atoms with Crippen LogP contribution in [0, 0.1) is 6.92 Å². The number of aromatic nitrogens is 2. The molecule has 0 aliphatic rings. The molecule has 0 amide bonds. The van der Waals surface area contributed by atoms with E-state index in [1.54, 1.807) is 0 Å². The number of aliphatic hydroxyl groups is 1. The number of nitrogens with zero attached hydrogens (tertiary/aromatic N) is 3. The fraction of sp³-hybridized carbons (Fsp3) is 0.364. The van der Waals surface area contributed by atoms with Crippen LogP contribution in [0.4, 0.5) is 0 Å². The number of hydrogen-bond donors (Lipinski definition) is 3. The molecule has 0 spiro atoms. The molecule has 0 aliphatic heterocycles. The molecule has 2 aromatic carbocycles. The summed E-state index contributed by atoms with van der Waals surface area (Å²) in [5.74, 6) is 1.78. The Morgan fingerprint density at radius 3 is 2.59 bits per heavy atom. The van der Waals surface area contributed by atoms with Crippen molar-refractivity contribution in [1.29, 1.82) is 0 Å². The van der Waals surface area contributed by atoms with Crippen molar-refractivity contribution in [2.75, 3.05) is 19.6 Å². The van der Waals surface area contributed by atoms with Crippen LogP contribution in [-0.2, 0) is 6.54 Å². The van der Waals surface area contributed by atoms with Crippen molar-refractivity contribution in [3.63, 3.8) is 0 Å². The highest BCUT2D eigenvalue weighted by atomic mass is 127. The molecule has 3 N–H and O–H groups in total. The average molecular weight is 507 g/mol. The standard InChI is InChI=1S/C22H29N5O.HI/c1-3-23-22(24-14-13-21(28)18-9-5-4-6-10-18)25-15-16-27-17(2)26-19-11-7-8-12-20(19)27;/h4-12,21,28H,3,13-16H2,1-2H3,(H2,23,24,25);1H. The molecule has 6 nitrogen and oxygen atoms in total. The Labute approximate surface area is 189 Å². The Kier molecular flexibility index (Phi) is 9.40. The number of imidazole rings is 1. The number of aryl methyl sites for hydroxylation is 1. The van der Waals surface area contributed by atoms with Crippen LogP contribution in [0.3, 0.4) is 0 Å². The smallest absolute Gasteiger partial charge is 0.191 e. The van der Waals surface area contributed by atoms with Gasteiger partial charge in [-0.1, -0.05) is 42.5 Å². The van der Waals surface area contributed by atoms with Gasteiger partial charge < -0.3 is 20.3 Å². The second-order valence-electron chi connectivity index (χ2n) is 6.70. The molecule has 0 radical (unpaired) electrons. The Morgan fingerprint density at radius 1 is 1.10 bits per heavy atom. The summed E-state index contributed by atoms with van der Waals surface area (Å²) in [6, 6.07) is 17.9. The number of nitrogens with one attached hydrogen (secondary N) is 2. The quantitative estimate of drug-likeness (QED) is 0.247. The first-order valence-electron chi connectivity index (χ1n) is 9.86. The SMILES string of the molecule is CCNC(=NCCC(O)c1ccccc1)NCCn1c(C)nc2ccccc21.I. The minimum atomic E-state index is -0.493. The number of aliphatic imine (C=N–C) groups is 1. The van der Waals surface area contributed by atoms with E-state index in [4.69, 9.17) is 0 Å². The normalized spacial score (nSPS) is 12.4. The minimum absolute atomic E-state index is 0. The summed E-state index contributed by atoms with van der Waals surface area (Å²) in [5.41, 5.74) is 3.10. The zero-order valence-electron chi connectivity index (χ0n) is 17.0. The van der Waals surface area contributed by atoms with Crippen LogP contribution < -0.4 is 10.6 Å². The zero-order chi connectivity index (χ0) is 19.8. The lowest BCUT2D eigenvalue weighted by molar-refractivity contribution is 0.170. The molecule has 156 valence electrons. The Morgan fingerprint density at radius 2 is 1.83 bits per heavy atom. The third-order valence-corrected chi connectivity index (χ3v) is 4.67. The lowest BCUT2D eigenvalue weighted by Crippen LogP contribution is -2.39. The van der Waals surface area contributed by atoms with Gasteiger partial charge in [0.25, 0.3) is 0 Å². The highest BCUT2D eigenvalue weighted by Gasteiger charge is 2.08. The third-order valence-electron chi connectivity index (χ3n) is 4.67. The molecule has 0 aliphatic carbocycles. The third kappa shape index (κ3) is 6.43. The second kappa shape index (κ2) is 11.8. The summed E-state index contributed by atoms with van der Waals surface area (Å²) in [5, 5.41) is 16.9. The molecule has 7 heteroatoms. The monoisotopic (exact) mass is 507 g/mol. The molecule has 1 heterocycles. The summed E-state index contributed by atoms with van der Waals surface area (Å²) >= 11 is 0. The van der Waals surface area contributed by atoms with E-state index in [9.17, 15) is 5.11 Å². The van der Waals surface area contributed by atoms with Gasteiger partial charge in [-0.15, -0.1) is 24.0 Å². The number of fused-ring (bicyclic) bond motifs is 1. The van der Waals surface area contributed by atoms with Crippen molar-refractivity contribution in [3.8, 4) is 0 Å². The van der Waals surface area contributed by atoms with Crippen molar-refractivity contribution in [2.45, 2.75) is 32.9 Å². The summed E-state index contributed by atoms with van der Waals surface area (Å²) in [6.45, 7) is 6.98. The number of rotatable bonds is 8. The van der Waals surface area contributed by atoms with Gasteiger partial charge in [0, 0.05) is 26.2 Å². The predicted molar refractivity (Wildman–Crippen MR) is 130 cm³/mol. The van der Waals surface area contributed by atoms with E-state index in [1.807, 2.05) is 62.4 Å². The van der Waals surface area contributed by atoms with Gasteiger partial charge in [-0.3, -0.25) is 4.99 Å². The van der Waals surface area contributed by atoms with Crippen LogP contribution in [-0.4, -0.2) is 40.3 Å². The van der Waals surface area contributed by atoms with Crippen LogP contribution >= 0.6 is 24.0 Å². The minimum Gasteiger partial charge on any atom is -0.388 e. The lowest BCUT2D eigenvalue weighted by Gasteiger charge is -2.14. The number of aliphatic hydroxyl groups excluding tert-OH is 1. The Bertz CT molecular complexity index is 910. The fourth-order valence-corrected chi connectivity index (χ4v) is 3.25. The largest absolute Gasteiger partial charge is 0.388 e. The highest BCUT2D eigenvalue weighted by molar-refractivity contribution is 14.0. The van der Waals surface area contributed by atoms with E-state index < -0.39 is 6.10 Å². The second-order valence-corrected chi connectivity index (χ2v) is 6.70. The van der Waals surface area contributed by atoms with Crippen molar-refractivity contribution in [1.82, 2.24) is 20.2 Å². The van der Waals surface area contributed by atoms with E-state index in [0.717, 1.165) is 48.0 Å². The van der Waals surface area contributed by atoms with Crippen LogP contribution in [0.25, 0.3) is 11.0 Å². The first-order chi connectivity index (χ1) is 13.7. The van der Waals surface area contributed by atoms with E-state index in [0.29, 0.717) is 13.0 Å². The van der Waals surface area contributed by atoms with Crippen LogP contribution in [0.2, 0.25) is 0 Å². The molecule has 3 rings (SSSR count). The summed E-state index contributed by atoms with van der Waals surface area (Å²) in [4.78, 5) is 9.20. The van der Waals surface area contributed by atoms with Crippen molar-refractivity contribution in [2.24, 2.45) is 4.99 Å². The Hall–Kier alpha value is -2.13. The van der Waals surface area contributed by atoms with Crippen LogP contribution in [0.1, 0.15) is 30.8 Å². The van der Waals surface area contributed by atoms with Gasteiger partial charge in [-0.2, -0.15) is 0 Å². The van der Waals surface area contributed by atoms with Gasteiger partial charge >= 0.3 is 0 Å². The Balaban J connectivity index is 0.00000300. The van der Waals surface area contributed by atoms with Gasteiger partial charge in [0.1, 0.15) is 5.82 Å². The van der Waals surface area contributed by atoms with Gasteiger partial charge in [0.15, 0.2) is 5.96 Å². The molecule has 1 aromatic heterocycles. The lowest BCUT2D eigenvalue weighted by atomic mass is 10.1. The van der Waals surface area contributed by atoms with Crippen molar-refractivity contribution in [3.05, 3.63) is 66.0 Å². The molecule has 3 aromatic rings. The molecular weight excluding hydrogens is 477 g/mol. The van der Waals surface area contributed by atoms with E-state index in [2.05, 4.69) is 31.2 Å². The van der Waals surface area contributed by atoms with E-state index >= 15 is 0 Å². The maximum Gasteiger partial charge on any atom is 0.191 e. The van der Waals surface area contributed by atoms with Crippen molar-refractivity contribution >= 4 is 41.0 Å². The molecule has 0 bridgehead atoms. The molecule has 0 fully saturated rings. The molecule has 1 atom stereocenters. The summed E-state index contributed by atoms with van der Waals surface area (Å²) in [6.07, 6.45) is 0.0964. The number of halogens is 1. The average Bonchev–Trinajstić information content (AvgIpc) is 3.04. The molecular formula is C22H30IN5O. The number of benzene rings is 2. The molecule has 1 unspecified atom stereocenters. The van der Waals surface area contributed by atoms with Gasteiger partial charge in [0.05, 0.1) is 17.1 Å². The number of hydrogen-bond acceptors (Lipinski definition) is 3. The van der Waals surface area contributed by atoms with Gasteiger partial charge in [-0.05, 0) is 38.0 Å². The maximum atomic E-state index is 10.3. The molecule has 29 heavy (non-hydrogen) atoms. The summed E-state index contributed by atoms with van der Waals surface area (Å²) in [7, 11) is 0. The maximum absolute atomic E-state index is 10.3. The predicted octanol–water partition coefficient (Wildman–Crippen LogP) is 3.64. The fourth-order valence-electron chi connectivity index (χ4n) is 3.25. The van der Waals surface area contributed by atoms with E-state index in [-0.39, 0.29) is 24.0 Å². The van der Waals surface area contributed by atoms with E-state index in [1.165, 1.54) is 0 Å². The summed E-state index contributed by atoms with van der Waals surface area (Å²) < 4.78 is 2.21. The molecule has 0 saturated heterocycles. The van der Waals surface area contributed by atoms with Gasteiger partial charge in [-0.25, -0.2) is 4.98 Å². The first-order valence-corrected chi connectivity index (χ1v) is 9.86. The topological polar surface area (TPSA) is 74.5 Å². The molecule has 0 saturated carbocycles. The van der Waals surface area contributed by atoms with Crippen LogP contribution in [0.5, 0.6) is 0 Å². The van der Waals surface area contributed by atoms with Crippen LogP contribution in [0.15, 0.2) is 59.6 Å². The highest BCUT2D eigenvalue weighted by Crippen LogP contribution is 2.16.